The SMILES string of the molecule is Cc1ccc(C(=O)N=c2sccn2C)cc1NC(=O)c1ccco1. The molecule has 1 N–H and O–H groups in total. The molecule has 122 valence electrons. The fourth-order valence-electron chi connectivity index (χ4n) is 2.07. The molecule has 3 aromatic rings. The van der Waals surface area contributed by atoms with Crippen molar-refractivity contribution in [3.05, 3.63) is 69.9 Å². The number of aryl methyl sites for hydroxylation is 2. The first-order chi connectivity index (χ1) is 11.5. The molecule has 0 bridgehead atoms. The Kier molecular flexibility index (Phi) is 4.43. The van der Waals surface area contributed by atoms with Crippen LogP contribution in [0.1, 0.15) is 26.5 Å². The molecule has 3 rings (SSSR count). The summed E-state index contributed by atoms with van der Waals surface area (Å²) in [6.45, 7) is 1.85. The third-order valence-corrected chi connectivity index (χ3v) is 4.28. The van der Waals surface area contributed by atoms with E-state index >= 15 is 0 Å². The lowest BCUT2D eigenvalue weighted by molar-refractivity contribution is 0.0987. The number of hydrogen-bond acceptors (Lipinski definition) is 4. The van der Waals surface area contributed by atoms with Gasteiger partial charge < -0.3 is 14.3 Å². The number of furan rings is 1. The minimum Gasteiger partial charge on any atom is -0.459 e. The summed E-state index contributed by atoms with van der Waals surface area (Å²) in [5.74, 6) is -0.516. The van der Waals surface area contributed by atoms with Crippen LogP contribution < -0.4 is 10.1 Å². The Hall–Kier alpha value is -2.93. The van der Waals surface area contributed by atoms with Gasteiger partial charge in [-0.15, -0.1) is 11.3 Å². The first-order valence-electron chi connectivity index (χ1n) is 7.19. The number of amides is 2. The molecule has 0 spiro atoms. The smallest absolute Gasteiger partial charge is 0.291 e. The summed E-state index contributed by atoms with van der Waals surface area (Å²) in [7, 11) is 1.83. The normalized spacial score (nSPS) is 11.5. The van der Waals surface area contributed by atoms with Gasteiger partial charge in [0.2, 0.25) is 0 Å². The molecule has 24 heavy (non-hydrogen) atoms. The Balaban J connectivity index is 1.88. The molecule has 0 saturated heterocycles. The summed E-state index contributed by atoms with van der Waals surface area (Å²) in [6, 6.07) is 8.30. The van der Waals surface area contributed by atoms with Crippen LogP contribution in [0.4, 0.5) is 5.69 Å². The fourth-order valence-corrected chi connectivity index (χ4v) is 2.80. The van der Waals surface area contributed by atoms with E-state index in [1.54, 1.807) is 34.9 Å². The number of carbonyl (C=O) groups excluding carboxylic acids is 2. The summed E-state index contributed by atoms with van der Waals surface area (Å²) in [5, 5.41) is 4.61. The molecule has 0 fully saturated rings. The zero-order chi connectivity index (χ0) is 17.1. The molecule has 0 saturated carbocycles. The second-order valence-corrected chi connectivity index (χ2v) is 6.05. The van der Waals surface area contributed by atoms with Crippen molar-refractivity contribution in [1.29, 1.82) is 0 Å². The number of hydrogen-bond donors (Lipinski definition) is 1. The van der Waals surface area contributed by atoms with Gasteiger partial charge in [0.05, 0.1) is 6.26 Å². The Morgan fingerprint density at radius 1 is 1.29 bits per heavy atom. The number of nitrogens with zero attached hydrogens (tertiary/aromatic N) is 2. The molecule has 2 aromatic heterocycles. The molecule has 1 aromatic carbocycles. The molecule has 0 aliphatic rings. The van der Waals surface area contributed by atoms with Crippen LogP contribution in [0.2, 0.25) is 0 Å². The molecular formula is C17H15N3O3S. The minimum atomic E-state index is -0.366. The van der Waals surface area contributed by atoms with Gasteiger partial charge in [-0.05, 0) is 36.8 Å². The molecule has 0 unspecified atom stereocenters. The molecule has 0 aliphatic heterocycles. The number of nitrogens with one attached hydrogen (secondary N) is 1. The lowest BCUT2D eigenvalue weighted by atomic mass is 10.1. The van der Waals surface area contributed by atoms with Crippen LogP contribution in [0.15, 0.2) is 57.6 Å². The second-order valence-electron chi connectivity index (χ2n) is 5.17. The molecule has 0 aliphatic carbocycles. The van der Waals surface area contributed by atoms with Crippen LogP contribution in [0.5, 0.6) is 0 Å². The molecule has 0 atom stereocenters. The van der Waals surface area contributed by atoms with E-state index in [2.05, 4.69) is 10.3 Å². The Labute approximate surface area is 142 Å². The van der Waals surface area contributed by atoms with Gasteiger partial charge >= 0.3 is 0 Å². The zero-order valence-corrected chi connectivity index (χ0v) is 14.0. The number of aromatic nitrogens is 1. The highest BCUT2D eigenvalue weighted by Gasteiger charge is 2.12. The maximum absolute atomic E-state index is 12.3. The van der Waals surface area contributed by atoms with Gasteiger partial charge in [0.15, 0.2) is 10.6 Å². The van der Waals surface area contributed by atoms with E-state index < -0.39 is 0 Å². The van der Waals surface area contributed by atoms with E-state index in [1.807, 2.05) is 25.5 Å². The van der Waals surface area contributed by atoms with Crippen molar-refractivity contribution < 1.29 is 14.0 Å². The second kappa shape index (κ2) is 6.67. The lowest BCUT2D eigenvalue weighted by Crippen LogP contribution is -2.14. The maximum atomic E-state index is 12.3. The quantitative estimate of drug-likeness (QED) is 0.795. The Morgan fingerprint density at radius 2 is 2.12 bits per heavy atom. The Bertz CT molecular complexity index is 952. The topological polar surface area (TPSA) is 76.6 Å². The van der Waals surface area contributed by atoms with Crippen molar-refractivity contribution >= 4 is 28.8 Å². The van der Waals surface area contributed by atoms with Crippen molar-refractivity contribution in [2.75, 3.05) is 5.32 Å². The number of benzene rings is 1. The van der Waals surface area contributed by atoms with Crippen LogP contribution in [-0.4, -0.2) is 16.4 Å². The number of anilines is 1. The highest BCUT2D eigenvalue weighted by atomic mass is 32.1. The van der Waals surface area contributed by atoms with E-state index in [9.17, 15) is 9.59 Å². The predicted molar refractivity (Wildman–Crippen MR) is 91.0 cm³/mol. The van der Waals surface area contributed by atoms with E-state index in [0.29, 0.717) is 16.1 Å². The lowest BCUT2D eigenvalue weighted by Gasteiger charge is -2.08. The van der Waals surface area contributed by atoms with E-state index in [4.69, 9.17) is 4.42 Å². The molecule has 2 amide bonds. The summed E-state index contributed by atoms with van der Waals surface area (Å²) < 4.78 is 6.84. The monoisotopic (exact) mass is 341 g/mol. The first-order valence-corrected chi connectivity index (χ1v) is 8.07. The van der Waals surface area contributed by atoms with E-state index in [1.165, 1.54) is 17.6 Å². The third kappa shape index (κ3) is 3.36. The molecule has 7 heteroatoms. The summed E-state index contributed by atoms with van der Waals surface area (Å²) >= 11 is 1.38. The van der Waals surface area contributed by atoms with Gasteiger partial charge in [-0.2, -0.15) is 4.99 Å². The summed E-state index contributed by atoms with van der Waals surface area (Å²) in [5.41, 5.74) is 1.80. The molecule has 6 nitrogen and oxygen atoms in total. The number of carbonyl (C=O) groups is 2. The zero-order valence-electron chi connectivity index (χ0n) is 13.1. The van der Waals surface area contributed by atoms with E-state index in [-0.39, 0.29) is 17.6 Å². The van der Waals surface area contributed by atoms with Gasteiger partial charge in [-0.25, -0.2) is 0 Å². The average Bonchev–Trinajstić information content (AvgIpc) is 3.22. The highest BCUT2D eigenvalue weighted by Crippen LogP contribution is 2.18. The van der Waals surface area contributed by atoms with Crippen molar-refractivity contribution in [3.63, 3.8) is 0 Å². The number of rotatable bonds is 3. The van der Waals surface area contributed by atoms with Crippen molar-refractivity contribution in [1.82, 2.24) is 4.57 Å². The van der Waals surface area contributed by atoms with Crippen LogP contribution >= 0.6 is 11.3 Å². The van der Waals surface area contributed by atoms with E-state index in [0.717, 1.165) is 5.56 Å². The molecule has 2 heterocycles. The molecule has 0 radical (unpaired) electrons. The highest BCUT2D eigenvalue weighted by molar-refractivity contribution is 7.07. The van der Waals surface area contributed by atoms with Crippen molar-refractivity contribution in [2.24, 2.45) is 12.0 Å². The molecular weight excluding hydrogens is 326 g/mol. The predicted octanol–water partition coefficient (Wildman–Crippen LogP) is 2.98. The standard InChI is InChI=1S/C17H15N3O3S/c1-11-5-6-12(15(21)19-17-20(2)7-9-24-17)10-13(11)18-16(22)14-4-3-8-23-14/h3-10H,1-2H3,(H,18,22). The summed E-state index contributed by atoms with van der Waals surface area (Å²) in [4.78, 5) is 29.1. The van der Waals surface area contributed by atoms with Gasteiger partial charge in [-0.1, -0.05) is 6.07 Å². The average molecular weight is 341 g/mol. The van der Waals surface area contributed by atoms with Crippen LogP contribution in [0.3, 0.4) is 0 Å². The fraction of sp³-hybridized carbons (Fsp3) is 0.118. The number of thiazole rings is 1. The largest absolute Gasteiger partial charge is 0.459 e. The minimum absolute atomic E-state index is 0.210. The summed E-state index contributed by atoms with van der Waals surface area (Å²) in [6.07, 6.45) is 3.27. The van der Waals surface area contributed by atoms with Crippen LogP contribution in [0.25, 0.3) is 0 Å². The van der Waals surface area contributed by atoms with Gasteiger partial charge in [0.1, 0.15) is 0 Å². The van der Waals surface area contributed by atoms with Gasteiger partial charge in [0.25, 0.3) is 11.8 Å². The third-order valence-electron chi connectivity index (χ3n) is 3.43. The van der Waals surface area contributed by atoms with Gasteiger partial charge in [0, 0.05) is 29.9 Å². The maximum Gasteiger partial charge on any atom is 0.291 e. The van der Waals surface area contributed by atoms with Crippen molar-refractivity contribution in [3.8, 4) is 0 Å². The van der Waals surface area contributed by atoms with Crippen LogP contribution in [0, 0.1) is 6.92 Å². The van der Waals surface area contributed by atoms with Crippen LogP contribution in [-0.2, 0) is 7.05 Å². The Morgan fingerprint density at radius 3 is 2.79 bits per heavy atom. The van der Waals surface area contributed by atoms with Crippen molar-refractivity contribution in [2.45, 2.75) is 6.92 Å². The first kappa shape index (κ1) is 15.9. The van der Waals surface area contributed by atoms with Gasteiger partial charge in [-0.3, -0.25) is 9.59 Å².